The van der Waals surface area contributed by atoms with Crippen molar-refractivity contribution < 1.29 is 4.84 Å². The average Bonchev–Trinajstić information content (AvgIpc) is 2.45. The number of hydrogen-bond acceptors (Lipinski definition) is 2. The lowest BCUT2D eigenvalue weighted by Gasteiger charge is -2.23. The van der Waals surface area contributed by atoms with Crippen molar-refractivity contribution in [3.63, 3.8) is 0 Å². The van der Waals surface area contributed by atoms with Crippen LogP contribution in [0.25, 0.3) is 0 Å². The minimum atomic E-state index is 0.502. The van der Waals surface area contributed by atoms with E-state index in [0.29, 0.717) is 6.61 Å². The molecule has 2 heteroatoms. The Morgan fingerprint density at radius 3 is 2.17 bits per heavy atom. The van der Waals surface area contributed by atoms with Gasteiger partial charge in [0.25, 0.3) is 0 Å². The number of benzene rings is 2. The lowest BCUT2D eigenvalue weighted by molar-refractivity contribution is 0.130. The molecule has 0 aliphatic rings. The van der Waals surface area contributed by atoms with E-state index >= 15 is 0 Å². The summed E-state index contributed by atoms with van der Waals surface area (Å²) in [5.41, 5.74) is 2.26. The normalized spacial score (nSPS) is 10.0. The molecule has 2 aromatic rings. The Morgan fingerprint density at radius 2 is 1.56 bits per heavy atom. The zero-order valence-electron chi connectivity index (χ0n) is 10.3. The van der Waals surface area contributed by atoms with E-state index in [1.807, 2.05) is 53.6 Å². The minimum absolute atomic E-state index is 0.502. The van der Waals surface area contributed by atoms with Gasteiger partial charge in [0.1, 0.15) is 0 Å². The van der Waals surface area contributed by atoms with Crippen LogP contribution in [0.5, 0.6) is 0 Å². The SMILES string of the molecule is C=CCON(Cc1ccccc1)c1ccccc1. The van der Waals surface area contributed by atoms with E-state index in [1.165, 1.54) is 5.56 Å². The van der Waals surface area contributed by atoms with Crippen LogP contribution in [0.4, 0.5) is 5.69 Å². The van der Waals surface area contributed by atoms with Crippen molar-refractivity contribution in [2.45, 2.75) is 6.54 Å². The second-order valence-electron chi connectivity index (χ2n) is 3.94. The third kappa shape index (κ3) is 3.47. The standard InChI is InChI=1S/C16H17NO/c1-2-13-18-17(16-11-7-4-8-12-16)14-15-9-5-3-6-10-15/h2-12H,1,13-14H2. The predicted molar refractivity (Wildman–Crippen MR) is 75.2 cm³/mol. The van der Waals surface area contributed by atoms with Gasteiger partial charge < -0.3 is 0 Å². The summed E-state index contributed by atoms with van der Waals surface area (Å²) in [4.78, 5) is 5.70. The van der Waals surface area contributed by atoms with Crippen molar-refractivity contribution in [3.05, 3.63) is 78.9 Å². The smallest absolute Gasteiger partial charge is 0.0927 e. The highest BCUT2D eigenvalue weighted by molar-refractivity contribution is 5.44. The molecule has 2 nitrogen and oxygen atoms in total. The molecule has 0 aliphatic carbocycles. The Labute approximate surface area is 108 Å². The second-order valence-corrected chi connectivity index (χ2v) is 3.94. The molecule has 0 heterocycles. The molecule has 0 atom stereocenters. The van der Waals surface area contributed by atoms with Crippen LogP contribution in [-0.4, -0.2) is 6.61 Å². The van der Waals surface area contributed by atoms with Crippen LogP contribution >= 0.6 is 0 Å². The van der Waals surface area contributed by atoms with Gasteiger partial charge in [0.05, 0.1) is 18.8 Å². The van der Waals surface area contributed by atoms with E-state index in [1.54, 1.807) is 6.08 Å². The zero-order chi connectivity index (χ0) is 12.6. The van der Waals surface area contributed by atoms with Crippen molar-refractivity contribution in [2.24, 2.45) is 0 Å². The summed E-state index contributed by atoms with van der Waals surface area (Å²) < 4.78 is 0. The highest BCUT2D eigenvalue weighted by Gasteiger charge is 2.06. The number of nitrogens with zero attached hydrogens (tertiary/aromatic N) is 1. The maximum atomic E-state index is 5.70. The van der Waals surface area contributed by atoms with Crippen molar-refractivity contribution in [2.75, 3.05) is 11.7 Å². The molecule has 0 spiro atoms. The van der Waals surface area contributed by atoms with Crippen molar-refractivity contribution >= 4 is 5.69 Å². The first kappa shape index (κ1) is 12.4. The molecule has 2 aromatic carbocycles. The molecule has 0 bridgehead atoms. The molecule has 18 heavy (non-hydrogen) atoms. The van der Waals surface area contributed by atoms with Gasteiger partial charge >= 0.3 is 0 Å². The molecule has 0 fully saturated rings. The van der Waals surface area contributed by atoms with E-state index < -0.39 is 0 Å². The first-order valence-electron chi connectivity index (χ1n) is 6.00. The number of rotatable bonds is 6. The molecular formula is C16H17NO. The lowest BCUT2D eigenvalue weighted by Crippen LogP contribution is -2.23. The Kier molecular flexibility index (Phi) is 4.56. The predicted octanol–water partition coefficient (Wildman–Crippen LogP) is 3.81. The summed E-state index contributed by atoms with van der Waals surface area (Å²) in [6, 6.07) is 20.3. The summed E-state index contributed by atoms with van der Waals surface area (Å²) in [5, 5.41) is 1.89. The Hall–Kier alpha value is -2.06. The fraction of sp³-hybridized carbons (Fsp3) is 0.125. The maximum Gasteiger partial charge on any atom is 0.0927 e. The Morgan fingerprint density at radius 1 is 0.944 bits per heavy atom. The van der Waals surface area contributed by atoms with E-state index in [-0.39, 0.29) is 0 Å². The molecular weight excluding hydrogens is 222 g/mol. The van der Waals surface area contributed by atoms with Gasteiger partial charge in [-0.25, -0.2) is 5.06 Å². The van der Waals surface area contributed by atoms with Crippen molar-refractivity contribution in [3.8, 4) is 0 Å². The topological polar surface area (TPSA) is 12.5 Å². The van der Waals surface area contributed by atoms with Crippen molar-refractivity contribution in [1.82, 2.24) is 0 Å². The molecule has 92 valence electrons. The Bertz CT molecular complexity index is 467. The quantitative estimate of drug-likeness (QED) is 0.561. The number of anilines is 1. The first-order valence-corrected chi connectivity index (χ1v) is 6.00. The molecule has 0 saturated heterocycles. The number of hydrogen-bond donors (Lipinski definition) is 0. The van der Waals surface area contributed by atoms with Crippen LogP contribution in [0.15, 0.2) is 73.3 Å². The van der Waals surface area contributed by atoms with E-state index in [2.05, 4.69) is 18.7 Å². The molecule has 0 radical (unpaired) electrons. The Balaban J connectivity index is 2.13. The zero-order valence-corrected chi connectivity index (χ0v) is 10.3. The second kappa shape index (κ2) is 6.62. The van der Waals surface area contributed by atoms with Gasteiger partial charge in [-0.15, -0.1) is 6.58 Å². The number of hydroxylamine groups is 1. The van der Waals surface area contributed by atoms with Crippen LogP contribution in [0.1, 0.15) is 5.56 Å². The fourth-order valence-electron chi connectivity index (χ4n) is 1.70. The monoisotopic (exact) mass is 239 g/mol. The molecule has 0 aliphatic heterocycles. The van der Waals surface area contributed by atoms with E-state index in [0.717, 1.165) is 12.2 Å². The van der Waals surface area contributed by atoms with Gasteiger partial charge in [0, 0.05) is 0 Å². The van der Waals surface area contributed by atoms with E-state index in [9.17, 15) is 0 Å². The van der Waals surface area contributed by atoms with Gasteiger partial charge in [-0.3, -0.25) is 4.84 Å². The van der Waals surface area contributed by atoms with Crippen LogP contribution in [0, 0.1) is 0 Å². The third-order valence-corrected chi connectivity index (χ3v) is 2.56. The molecule has 2 rings (SSSR count). The summed E-state index contributed by atoms with van der Waals surface area (Å²) >= 11 is 0. The van der Waals surface area contributed by atoms with Crippen molar-refractivity contribution in [1.29, 1.82) is 0 Å². The van der Waals surface area contributed by atoms with Gasteiger partial charge in [0.2, 0.25) is 0 Å². The van der Waals surface area contributed by atoms with Gasteiger partial charge in [-0.05, 0) is 17.7 Å². The summed E-state index contributed by atoms with van der Waals surface area (Å²) in [5.74, 6) is 0. The van der Waals surface area contributed by atoms with Gasteiger partial charge in [-0.1, -0.05) is 54.6 Å². The summed E-state index contributed by atoms with van der Waals surface area (Å²) in [6.07, 6.45) is 1.75. The molecule has 0 unspecified atom stereocenters. The van der Waals surface area contributed by atoms with Crippen LogP contribution in [0.2, 0.25) is 0 Å². The highest BCUT2D eigenvalue weighted by Crippen LogP contribution is 2.17. The van der Waals surface area contributed by atoms with E-state index in [4.69, 9.17) is 4.84 Å². The lowest BCUT2D eigenvalue weighted by atomic mass is 10.2. The first-order chi connectivity index (χ1) is 8.90. The van der Waals surface area contributed by atoms with Crippen LogP contribution in [-0.2, 0) is 11.4 Å². The summed E-state index contributed by atoms with van der Waals surface area (Å²) in [6.45, 7) is 4.90. The fourth-order valence-corrected chi connectivity index (χ4v) is 1.70. The third-order valence-electron chi connectivity index (χ3n) is 2.56. The molecule has 0 saturated carbocycles. The summed E-state index contributed by atoms with van der Waals surface area (Å²) in [7, 11) is 0. The van der Waals surface area contributed by atoms with Crippen LogP contribution in [0.3, 0.4) is 0 Å². The number of para-hydroxylation sites is 1. The minimum Gasteiger partial charge on any atom is -0.269 e. The maximum absolute atomic E-state index is 5.70. The highest BCUT2D eigenvalue weighted by atomic mass is 16.7. The average molecular weight is 239 g/mol. The van der Waals surface area contributed by atoms with Gasteiger partial charge in [0.15, 0.2) is 0 Å². The van der Waals surface area contributed by atoms with Crippen LogP contribution < -0.4 is 5.06 Å². The molecule has 0 N–H and O–H groups in total. The molecule has 0 amide bonds. The molecule has 0 aromatic heterocycles. The largest absolute Gasteiger partial charge is 0.269 e. The van der Waals surface area contributed by atoms with Gasteiger partial charge in [-0.2, -0.15) is 0 Å².